The predicted octanol–water partition coefficient (Wildman–Crippen LogP) is 1.38. The standard InChI is InChI=1S/C19H20BF3N2O7/c1-11(9-24-2)17(27)30-10-31-18(28)13-5-3-4-12-8-14(20(29)32-16(12)13)25-15(26)6-7-19(21,22)23/h3-5,9,14,29H,1,6-8,10H2,2H3,(H,25,26)/t14-/m0/s1. The smallest absolute Gasteiger partial charge is 0.534 e. The number of aliphatic imine (C=N–C) groups is 1. The highest BCUT2D eigenvalue weighted by Crippen LogP contribution is 2.31. The number of para-hydroxylation sites is 1. The normalized spacial score (nSPS) is 15.5. The van der Waals surface area contributed by atoms with Gasteiger partial charge in [-0.05, 0) is 18.1 Å². The van der Waals surface area contributed by atoms with E-state index in [9.17, 15) is 32.6 Å². The van der Waals surface area contributed by atoms with E-state index in [4.69, 9.17) is 14.1 Å². The fraction of sp³-hybridized carbons (Fsp3) is 0.368. The van der Waals surface area contributed by atoms with Crippen LogP contribution in [0.2, 0.25) is 0 Å². The molecule has 0 saturated carbocycles. The Hall–Kier alpha value is -3.35. The Morgan fingerprint density at radius 1 is 1.38 bits per heavy atom. The summed E-state index contributed by atoms with van der Waals surface area (Å²) in [6, 6.07) is 4.40. The Balaban J connectivity index is 1.99. The van der Waals surface area contributed by atoms with Crippen molar-refractivity contribution < 1.29 is 46.7 Å². The van der Waals surface area contributed by atoms with Crippen molar-refractivity contribution in [3.63, 3.8) is 0 Å². The quantitative estimate of drug-likeness (QED) is 0.199. The number of hydrogen-bond acceptors (Lipinski definition) is 8. The largest absolute Gasteiger partial charge is 0.547 e. The summed E-state index contributed by atoms with van der Waals surface area (Å²) < 4.78 is 51.7. The molecule has 1 atom stereocenters. The van der Waals surface area contributed by atoms with E-state index in [1.54, 1.807) is 6.07 Å². The van der Waals surface area contributed by atoms with Crippen molar-refractivity contribution in [2.24, 2.45) is 4.99 Å². The van der Waals surface area contributed by atoms with Crippen molar-refractivity contribution in [3.05, 3.63) is 41.5 Å². The number of nitrogens with one attached hydrogen (secondary N) is 1. The van der Waals surface area contributed by atoms with Crippen molar-refractivity contribution in [2.45, 2.75) is 31.4 Å². The van der Waals surface area contributed by atoms with E-state index in [1.165, 1.54) is 25.4 Å². The summed E-state index contributed by atoms with van der Waals surface area (Å²) in [6.07, 6.45) is -5.39. The van der Waals surface area contributed by atoms with E-state index >= 15 is 0 Å². The van der Waals surface area contributed by atoms with Crippen LogP contribution in [0, 0.1) is 0 Å². The first-order chi connectivity index (χ1) is 15.0. The maximum atomic E-state index is 12.3. The first-order valence-electron chi connectivity index (χ1n) is 9.30. The van der Waals surface area contributed by atoms with Gasteiger partial charge < -0.3 is 24.5 Å². The lowest BCUT2D eigenvalue weighted by Crippen LogP contribution is -2.53. The Morgan fingerprint density at radius 3 is 2.75 bits per heavy atom. The number of halogens is 3. The van der Waals surface area contributed by atoms with Gasteiger partial charge in [-0.2, -0.15) is 13.2 Å². The number of carbonyl (C=O) groups is 3. The molecule has 13 heteroatoms. The third-order valence-corrected chi connectivity index (χ3v) is 4.25. The van der Waals surface area contributed by atoms with Gasteiger partial charge in [0.05, 0.1) is 17.9 Å². The van der Waals surface area contributed by atoms with Crippen LogP contribution in [0.25, 0.3) is 0 Å². The van der Waals surface area contributed by atoms with Crippen LogP contribution in [0.15, 0.2) is 35.3 Å². The lowest BCUT2D eigenvalue weighted by molar-refractivity contribution is -0.146. The van der Waals surface area contributed by atoms with Gasteiger partial charge in [-0.15, -0.1) is 0 Å². The van der Waals surface area contributed by atoms with Crippen molar-refractivity contribution in [1.29, 1.82) is 0 Å². The minimum atomic E-state index is -4.48. The number of carbonyl (C=O) groups excluding carboxylic acids is 3. The number of nitrogens with zero attached hydrogens (tertiary/aromatic N) is 1. The molecule has 0 aromatic heterocycles. The Bertz CT molecular complexity index is 921. The second-order valence-electron chi connectivity index (χ2n) is 6.69. The van der Waals surface area contributed by atoms with Crippen molar-refractivity contribution in [1.82, 2.24) is 5.32 Å². The molecule has 0 unspecified atom stereocenters. The summed E-state index contributed by atoms with van der Waals surface area (Å²) in [5.74, 6) is -3.68. The van der Waals surface area contributed by atoms with Gasteiger partial charge in [-0.25, -0.2) is 9.59 Å². The molecule has 0 aliphatic carbocycles. The molecular weight excluding hydrogens is 436 g/mol. The molecule has 172 valence electrons. The van der Waals surface area contributed by atoms with E-state index in [2.05, 4.69) is 16.9 Å². The third kappa shape index (κ3) is 7.12. The molecule has 1 aromatic carbocycles. The minimum absolute atomic E-state index is 0.000536. The molecule has 32 heavy (non-hydrogen) atoms. The number of benzene rings is 1. The molecule has 2 rings (SSSR count). The van der Waals surface area contributed by atoms with Crippen LogP contribution >= 0.6 is 0 Å². The van der Waals surface area contributed by atoms with Gasteiger partial charge >= 0.3 is 25.2 Å². The van der Waals surface area contributed by atoms with Crippen LogP contribution < -0.4 is 9.97 Å². The van der Waals surface area contributed by atoms with Crippen molar-refractivity contribution >= 4 is 31.2 Å². The Labute approximate surface area is 181 Å². The number of amides is 1. The molecule has 9 nitrogen and oxygen atoms in total. The van der Waals surface area contributed by atoms with Gasteiger partial charge in [-0.1, -0.05) is 18.7 Å². The highest BCUT2D eigenvalue weighted by Gasteiger charge is 2.38. The fourth-order valence-electron chi connectivity index (χ4n) is 2.76. The van der Waals surface area contributed by atoms with Gasteiger partial charge in [0.1, 0.15) is 11.3 Å². The summed E-state index contributed by atoms with van der Waals surface area (Å²) in [4.78, 5) is 39.3. The maximum Gasteiger partial charge on any atom is 0.547 e. The average Bonchev–Trinajstić information content (AvgIpc) is 2.72. The highest BCUT2D eigenvalue weighted by molar-refractivity contribution is 6.47. The SMILES string of the molecule is C=C(C=NC)C(=O)OCOC(=O)c1cccc2c1OB(O)[C@@H](NC(=O)CCC(F)(F)F)C2. The zero-order valence-electron chi connectivity index (χ0n) is 17.0. The monoisotopic (exact) mass is 456 g/mol. The van der Waals surface area contributed by atoms with Gasteiger partial charge in [0.15, 0.2) is 0 Å². The van der Waals surface area contributed by atoms with Gasteiger partial charge in [0.2, 0.25) is 12.7 Å². The molecule has 1 heterocycles. The molecule has 1 aliphatic heterocycles. The van der Waals surface area contributed by atoms with E-state index in [0.29, 0.717) is 5.56 Å². The molecule has 0 fully saturated rings. The molecule has 1 amide bonds. The highest BCUT2D eigenvalue weighted by atomic mass is 19.4. The second kappa shape index (κ2) is 10.8. The maximum absolute atomic E-state index is 12.3. The zero-order chi connectivity index (χ0) is 23.9. The number of alkyl halides is 3. The second-order valence-corrected chi connectivity index (χ2v) is 6.69. The Kier molecular flexibility index (Phi) is 8.41. The summed E-state index contributed by atoms with van der Waals surface area (Å²) in [5.41, 5.74) is 0.291. The average molecular weight is 456 g/mol. The van der Waals surface area contributed by atoms with E-state index in [1.807, 2.05) is 0 Å². The topological polar surface area (TPSA) is 124 Å². The summed E-state index contributed by atoms with van der Waals surface area (Å²) in [5, 5.41) is 12.4. The molecule has 0 spiro atoms. The van der Waals surface area contributed by atoms with Crippen LogP contribution in [0.1, 0.15) is 28.8 Å². The first kappa shape index (κ1) is 24.9. The van der Waals surface area contributed by atoms with Crippen molar-refractivity contribution in [3.8, 4) is 5.75 Å². The molecule has 0 radical (unpaired) electrons. The number of hydrogen-bond donors (Lipinski definition) is 2. The third-order valence-electron chi connectivity index (χ3n) is 4.25. The molecule has 2 N–H and O–H groups in total. The zero-order valence-corrected chi connectivity index (χ0v) is 17.0. The molecule has 0 saturated heterocycles. The lowest BCUT2D eigenvalue weighted by Gasteiger charge is -2.29. The fourth-order valence-corrected chi connectivity index (χ4v) is 2.76. The van der Waals surface area contributed by atoms with Crippen molar-refractivity contribution in [2.75, 3.05) is 13.8 Å². The van der Waals surface area contributed by atoms with E-state index in [0.717, 1.165) is 0 Å². The van der Waals surface area contributed by atoms with Crippen LogP contribution in [0.5, 0.6) is 5.75 Å². The molecule has 1 aromatic rings. The summed E-state index contributed by atoms with van der Waals surface area (Å²) in [7, 11) is -0.176. The van der Waals surface area contributed by atoms with Gasteiger partial charge in [0, 0.05) is 19.7 Å². The van der Waals surface area contributed by atoms with Gasteiger partial charge in [-0.3, -0.25) is 9.79 Å². The number of esters is 2. The summed E-state index contributed by atoms with van der Waals surface area (Å²) in [6.45, 7) is 2.71. The van der Waals surface area contributed by atoms with Crippen LogP contribution in [-0.2, 0) is 25.5 Å². The lowest BCUT2D eigenvalue weighted by atomic mass is 9.72. The molecule has 1 aliphatic rings. The predicted molar refractivity (Wildman–Crippen MR) is 106 cm³/mol. The molecule has 0 bridgehead atoms. The minimum Gasteiger partial charge on any atom is -0.534 e. The van der Waals surface area contributed by atoms with Crippen LogP contribution in [0.3, 0.4) is 0 Å². The van der Waals surface area contributed by atoms with E-state index in [-0.39, 0.29) is 23.3 Å². The number of ether oxygens (including phenoxy) is 2. The number of rotatable bonds is 8. The van der Waals surface area contributed by atoms with Gasteiger partial charge in [0.25, 0.3) is 0 Å². The van der Waals surface area contributed by atoms with E-state index < -0.39 is 56.7 Å². The van der Waals surface area contributed by atoms with Crippen LogP contribution in [0.4, 0.5) is 13.2 Å². The number of fused-ring (bicyclic) bond motifs is 1. The van der Waals surface area contributed by atoms with Crippen LogP contribution in [-0.4, -0.2) is 62.2 Å². The molecular formula is C19H20BF3N2O7. The summed E-state index contributed by atoms with van der Waals surface area (Å²) >= 11 is 0. The Morgan fingerprint density at radius 2 is 2.09 bits per heavy atom. The first-order valence-corrected chi connectivity index (χ1v) is 9.30.